The predicted molar refractivity (Wildman–Crippen MR) is 157 cm³/mol. The highest BCUT2D eigenvalue weighted by atomic mass is 35.5. The number of aliphatic imine (C=N–C) groups is 1. The van der Waals surface area contributed by atoms with Gasteiger partial charge in [-0.3, -0.25) is 9.98 Å². The number of rotatable bonds is 18. The van der Waals surface area contributed by atoms with E-state index < -0.39 is 23.8 Å². The number of halogens is 2. The Morgan fingerprint density at radius 3 is 2.47 bits per heavy atom. The summed E-state index contributed by atoms with van der Waals surface area (Å²) in [7, 11) is 1.26. The molecule has 45 heavy (non-hydrogen) atoms. The number of pyridine rings is 1. The number of methoxy groups -OCH3 is 1. The van der Waals surface area contributed by atoms with E-state index in [-0.39, 0.29) is 43.6 Å². The number of hydrogen-bond donors (Lipinski definition) is 2. The van der Waals surface area contributed by atoms with Gasteiger partial charge in [-0.05, 0) is 24.3 Å². The lowest BCUT2D eigenvalue weighted by Gasteiger charge is -2.28. The van der Waals surface area contributed by atoms with Crippen molar-refractivity contribution in [1.29, 1.82) is 0 Å². The van der Waals surface area contributed by atoms with Gasteiger partial charge in [-0.2, -0.15) is 0 Å². The van der Waals surface area contributed by atoms with Crippen molar-refractivity contribution >= 4 is 29.4 Å². The number of nitrogens with one attached hydrogen (secondary N) is 1. The fraction of sp³-hybridized carbons (Fsp3) is 0.379. The van der Waals surface area contributed by atoms with Gasteiger partial charge in [-0.25, -0.2) is 18.7 Å². The molecule has 240 valence electrons. The summed E-state index contributed by atoms with van der Waals surface area (Å²) in [4.78, 5) is 32.2. The Bertz CT molecular complexity index is 1500. The van der Waals surface area contributed by atoms with E-state index in [1.807, 2.05) is 0 Å². The van der Waals surface area contributed by atoms with Crippen LogP contribution in [-0.2, 0) is 46.4 Å². The van der Waals surface area contributed by atoms with Gasteiger partial charge in [0.1, 0.15) is 30.0 Å². The third-order valence-electron chi connectivity index (χ3n) is 6.26. The van der Waals surface area contributed by atoms with Crippen LogP contribution in [0.1, 0.15) is 22.9 Å². The molecule has 1 unspecified atom stereocenters. The molecular formula is C29H32ClFN6O8. The average molecular weight is 647 g/mol. The topological polar surface area (TPSA) is 169 Å². The van der Waals surface area contributed by atoms with Crippen LogP contribution in [0, 0.1) is 5.82 Å². The lowest BCUT2D eigenvalue weighted by molar-refractivity contribution is -0.142. The minimum Gasteiger partial charge on any atom is -0.480 e. The number of esters is 1. The number of aromatic nitrogens is 4. The zero-order valence-electron chi connectivity index (χ0n) is 24.4. The van der Waals surface area contributed by atoms with Crippen LogP contribution in [0.5, 0.6) is 0 Å². The van der Waals surface area contributed by atoms with E-state index in [0.717, 1.165) is 6.07 Å². The third-order valence-corrected chi connectivity index (χ3v) is 6.59. The quantitative estimate of drug-likeness (QED) is 0.153. The van der Waals surface area contributed by atoms with Crippen LogP contribution in [0.15, 0.2) is 65.2 Å². The van der Waals surface area contributed by atoms with Crippen molar-refractivity contribution in [3.63, 3.8) is 0 Å². The molecule has 0 bridgehead atoms. The van der Waals surface area contributed by atoms with Crippen LogP contribution in [0.25, 0.3) is 0 Å². The Balaban J connectivity index is 1.34. The molecule has 0 saturated heterocycles. The maximum atomic E-state index is 13.9. The smallest absolute Gasteiger partial charge is 0.338 e. The van der Waals surface area contributed by atoms with Crippen molar-refractivity contribution in [3.8, 4) is 0 Å². The lowest BCUT2D eigenvalue weighted by Crippen LogP contribution is -2.35. The zero-order valence-corrected chi connectivity index (χ0v) is 25.1. The molecule has 1 atom stereocenters. The molecule has 0 saturated carbocycles. The molecule has 0 aliphatic carbocycles. The summed E-state index contributed by atoms with van der Waals surface area (Å²) in [5, 5.41) is 20.0. The van der Waals surface area contributed by atoms with Crippen LogP contribution >= 0.6 is 11.6 Å². The highest BCUT2D eigenvalue weighted by Gasteiger charge is 2.33. The second-order valence-electron chi connectivity index (χ2n) is 9.43. The number of ether oxygens (including phenoxy) is 5. The Labute approximate surface area is 262 Å². The number of carbonyl (C=O) groups is 2. The summed E-state index contributed by atoms with van der Waals surface area (Å²) >= 11 is 6.40. The van der Waals surface area contributed by atoms with Gasteiger partial charge in [0.15, 0.2) is 0 Å². The van der Waals surface area contributed by atoms with E-state index in [1.165, 1.54) is 19.2 Å². The Hall–Kier alpha value is -4.28. The van der Waals surface area contributed by atoms with Gasteiger partial charge in [0.2, 0.25) is 0 Å². The monoisotopic (exact) mass is 646 g/mol. The zero-order chi connectivity index (χ0) is 32.0. The summed E-state index contributed by atoms with van der Waals surface area (Å²) in [6.45, 7) is 1.65. The molecule has 0 fully saturated rings. The normalized spacial score (nSPS) is 14.6. The number of aliphatic carboxylic acids is 1. The molecule has 3 aromatic rings. The number of carbonyl (C=O) groups excluding carboxylic acids is 1. The third kappa shape index (κ3) is 10.1. The molecule has 2 N–H and O–H groups in total. The highest BCUT2D eigenvalue weighted by Crippen LogP contribution is 2.36. The number of benzene rings is 1. The summed E-state index contributed by atoms with van der Waals surface area (Å²) in [6, 6.07) is 6.51. The standard InChI is InChI=1S/C29H32ClFN6O8/c1-41-29(40)26-24(33-28(19-4-6-32-7-5-19)34-27(26)22-3-2-20(31)14-23(22)30)17-45-16-21-15-37(36-35-21)8-9-42-10-11-43-12-13-44-18-25(38)39/h2-7,14-15,27H,8-13,16-18H2,1H3,(H,33,34)(H,38,39). The lowest BCUT2D eigenvalue weighted by atomic mass is 9.95. The van der Waals surface area contributed by atoms with E-state index in [0.29, 0.717) is 54.7 Å². The molecular weight excluding hydrogens is 615 g/mol. The Morgan fingerprint density at radius 1 is 1.02 bits per heavy atom. The summed E-state index contributed by atoms with van der Waals surface area (Å²) < 4.78 is 42.2. The Kier molecular flexibility index (Phi) is 12.9. The van der Waals surface area contributed by atoms with Gasteiger partial charge in [0.05, 0.1) is 77.4 Å². The molecule has 14 nitrogen and oxygen atoms in total. The van der Waals surface area contributed by atoms with Crippen molar-refractivity contribution < 1.29 is 42.8 Å². The fourth-order valence-corrected chi connectivity index (χ4v) is 4.46. The van der Waals surface area contributed by atoms with Crippen molar-refractivity contribution in [3.05, 3.63) is 87.9 Å². The molecule has 16 heteroatoms. The van der Waals surface area contributed by atoms with Crippen LogP contribution in [0.2, 0.25) is 5.02 Å². The maximum Gasteiger partial charge on any atom is 0.338 e. The van der Waals surface area contributed by atoms with E-state index in [4.69, 9.17) is 45.4 Å². The molecule has 3 heterocycles. The van der Waals surface area contributed by atoms with Gasteiger partial charge in [-0.1, -0.05) is 22.9 Å². The highest BCUT2D eigenvalue weighted by molar-refractivity contribution is 6.31. The molecule has 1 aromatic carbocycles. The minimum atomic E-state index is -1.03. The number of carboxylic acid groups (broad SMARTS) is 1. The summed E-state index contributed by atoms with van der Waals surface area (Å²) in [6.07, 6.45) is 4.94. The first-order chi connectivity index (χ1) is 21.9. The molecule has 1 aliphatic rings. The molecule has 0 amide bonds. The number of hydrogen-bond acceptors (Lipinski definition) is 12. The van der Waals surface area contributed by atoms with Crippen molar-refractivity contribution in [1.82, 2.24) is 25.3 Å². The molecule has 0 radical (unpaired) electrons. The molecule has 1 aliphatic heterocycles. The second kappa shape index (κ2) is 17.3. The number of carboxylic acids is 1. The van der Waals surface area contributed by atoms with E-state index in [1.54, 1.807) is 35.4 Å². The van der Waals surface area contributed by atoms with Crippen LogP contribution in [-0.4, -0.2) is 96.2 Å². The van der Waals surface area contributed by atoms with Crippen molar-refractivity contribution in [2.75, 3.05) is 53.4 Å². The maximum absolute atomic E-state index is 13.9. The second-order valence-corrected chi connectivity index (χ2v) is 9.83. The first kappa shape index (κ1) is 33.6. The molecule has 4 rings (SSSR count). The largest absolute Gasteiger partial charge is 0.480 e. The van der Waals surface area contributed by atoms with Crippen LogP contribution in [0.4, 0.5) is 4.39 Å². The molecule has 0 spiro atoms. The Morgan fingerprint density at radius 2 is 1.76 bits per heavy atom. The van der Waals surface area contributed by atoms with E-state index in [2.05, 4.69) is 20.6 Å². The molecule has 2 aromatic heterocycles. The van der Waals surface area contributed by atoms with Gasteiger partial charge >= 0.3 is 11.9 Å². The van der Waals surface area contributed by atoms with Gasteiger partial charge in [0.25, 0.3) is 0 Å². The fourth-order valence-electron chi connectivity index (χ4n) is 4.19. The average Bonchev–Trinajstić information content (AvgIpc) is 3.49. The number of amidine groups is 1. The van der Waals surface area contributed by atoms with E-state index >= 15 is 0 Å². The predicted octanol–water partition coefficient (Wildman–Crippen LogP) is 2.34. The van der Waals surface area contributed by atoms with Gasteiger partial charge in [-0.15, -0.1) is 5.10 Å². The van der Waals surface area contributed by atoms with E-state index in [9.17, 15) is 14.0 Å². The van der Waals surface area contributed by atoms with Gasteiger partial charge < -0.3 is 34.1 Å². The first-order valence-electron chi connectivity index (χ1n) is 13.8. The minimum absolute atomic E-state index is 0.0405. The van der Waals surface area contributed by atoms with Crippen molar-refractivity contribution in [2.45, 2.75) is 19.2 Å². The van der Waals surface area contributed by atoms with Crippen molar-refractivity contribution in [2.24, 2.45) is 4.99 Å². The summed E-state index contributed by atoms with van der Waals surface area (Å²) in [5.41, 5.74) is 2.24. The van der Waals surface area contributed by atoms with Gasteiger partial charge in [0, 0.05) is 28.5 Å². The summed E-state index contributed by atoms with van der Waals surface area (Å²) in [5.74, 6) is -1.75. The number of nitrogens with zero attached hydrogens (tertiary/aromatic N) is 5. The van der Waals surface area contributed by atoms with Crippen LogP contribution in [0.3, 0.4) is 0 Å². The SMILES string of the molecule is COC(=O)C1=C(COCc2cn(CCOCCOCCOCC(=O)O)nn2)NC(c2ccncc2)=NC1c1ccc(F)cc1Cl. The first-order valence-corrected chi connectivity index (χ1v) is 14.2. The van der Waals surface area contributed by atoms with Crippen LogP contribution < -0.4 is 5.32 Å².